The zero-order valence-corrected chi connectivity index (χ0v) is 11.6. The number of hydrogen-bond acceptors (Lipinski definition) is 4. The number of aryl methyl sites for hydroxylation is 1. The van der Waals surface area contributed by atoms with Gasteiger partial charge in [-0.25, -0.2) is 0 Å². The van der Waals surface area contributed by atoms with Gasteiger partial charge in [0.15, 0.2) is 5.79 Å². The van der Waals surface area contributed by atoms with Crippen LogP contribution in [-0.2, 0) is 9.47 Å². The van der Waals surface area contributed by atoms with E-state index in [2.05, 4.69) is 0 Å². The maximum Gasteiger partial charge on any atom is 0.257 e. The van der Waals surface area contributed by atoms with E-state index in [-0.39, 0.29) is 11.7 Å². The lowest BCUT2D eigenvalue weighted by Gasteiger charge is -2.38. The predicted molar refractivity (Wildman–Crippen MR) is 72.6 cm³/mol. The number of piperidine rings is 1. The van der Waals surface area contributed by atoms with Gasteiger partial charge < -0.3 is 19.5 Å². The van der Waals surface area contributed by atoms with Crippen LogP contribution in [-0.4, -0.2) is 48.0 Å². The minimum absolute atomic E-state index is 0.0605. The summed E-state index contributed by atoms with van der Waals surface area (Å²) in [5.74, 6) is -0.734. The van der Waals surface area contributed by atoms with Crippen LogP contribution in [0.2, 0.25) is 0 Å². The summed E-state index contributed by atoms with van der Waals surface area (Å²) < 4.78 is 11.3. The Hall–Kier alpha value is -1.59. The van der Waals surface area contributed by atoms with Crippen molar-refractivity contribution >= 4 is 5.91 Å². The molecule has 1 amide bonds. The van der Waals surface area contributed by atoms with Gasteiger partial charge in [0.05, 0.1) is 25.3 Å². The van der Waals surface area contributed by atoms with Crippen molar-refractivity contribution in [2.45, 2.75) is 25.6 Å². The number of aromatic hydroxyl groups is 1. The molecule has 2 heterocycles. The highest BCUT2D eigenvalue weighted by Gasteiger charge is 2.42. The van der Waals surface area contributed by atoms with Gasteiger partial charge in [-0.3, -0.25) is 4.79 Å². The Labute approximate surface area is 118 Å². The Morgan fingerprint density at radius 3 is 2.85 bits per heavy atom. The number of benzene rings is 1. The van der Waals surface area contributed by atoms with E-state index < -0.39 is 5.79 Å². The zero-order valence-electron chi connectivity index (χ0n) is 11.6. The van der Waals surface area contributed by atoms with Gasteiger partial charge in [0, 0.05) is 13.0 Å². The van der Waals surface area contributed by atoms with Crippen molar-refractivity contribution < 1.29 is 19.4 Å². The predicted octanol–water partition coefficient (Wildman–Crippen LogP) is 1.68. The number of amides is 1. The minimum Gasteiger partial charge on any atom is -0.507 e. The van der Waals surface area contributed by atoms with Crippen LogP contribution in [0.15, 0.2) is 18.2 Å². The first-order chi connectivity index (χ1) is 9.61. The van der Waals surface area contributed by atoms with Crippen LogP contribution in [0, 0.1) is 6.92 Å². The van der Waals surface area contributed by atoms with Crippen LogP contribution >= 0.6 is 0 Å². The summed E-state index contributed by atoms with van der Waals surface area (Å²) in [6.45, 7) is 4.04. The number of carbonyl (C=O) groups excluding carboxylic acids is 1. The molecule has 1 aromatic carbocycles. The van der Waals surface area contributed by atoms with Gasteiger partial charge in [-0.05, 0) is 25.0 Å². The SMILES string of the molecule is Cc1cccc(C(=O)N2CCCC3(C2)OCCO3)c1O. The van der Waals surface area contributed by atoms with Crippen LogP contribution in [0.1, 0.15) is 28.8 Å². The first-order valence-corrected chi connectivity index (χ1v) is 6.97. The summed E-state index contributed by atoms with van der Waals surface area (Å²) in [6.07, 6.45) is 1.66. The Balaban J connectivity index is 1.81. The average molecular weight is 277 g/mol. The molecule has 5 nitrogen and oxygen atoms in total. The van der Waals surface area contributed by atoms with Gasteiger partial charge in [0.25, 0.3) is 5.91 Å². The largest absolute Gasteiger partial charge is 0.507 e. The lowest BCUT2D eigenvalue weighted by atomic mass is 10.0. The molecule has 3 rings (SSSR count). The Kier molecular flexibility index (Phi) is 3.40. The van der Waals surface area contributed by atoms with Crippen molar-refractivity contribution in [3.05, 3.63) is 29.3 Å². The third-order valence-corrected chi connectivity index (χ3v) is 3.99. The molecule has 0 bridgehead atoms. The van der Waals surface area contributed by atoms with E-state index in [4.69, 9.17) is 9.47 Å². The number of likely N-dealkylation sites (tertiary alicyclic amines) is 1. The molecule has 0 atom stereocenters. The van der Waals surface area contributed by atoms with Gasteiger partial charge in [0.2, 0.25) is 0 Å². The fourth-order valence-electron chi connectivity index (χ4n) is 2.90. The summed E-state index contributed by atoms with van der Waals surface area (Å²) in [7, 11) is 0. The second kappa shape index (κ2) is 5.07. The number of carbonyl (C=O) groups is 1. The van der Waals surface area contributed by atoms with E-state index in [1.807, 2.05) is 0 Å². The molecule has 2 aliphatic heterocycles. The van der Waals surface area contributed by atoms with Crippen molar-refractivity contribution in [1.29, 1.82) is 0 Å². The van der Waals surface area contributed by atoms with Crippen LogP contribution in [0.4, 0.5) is 0 Å². The number of rotatable bonds is 1. The lowest BCUT2D eigenvalue weighted by Crippen LogP contribution is -2.51. The molecule has 5 heteroatoms. The molecule has 1 N–H and O–H groups in total. The summed E-state index contributed by atoms with van der Waals surface area (Å²) in [5.41, 5.74) is 1.05. The quantitative estimate of drug-likeness (QED) is 0.848. The third-order valence-electron chi connectivity index (χ3n) is 3.99. The van der Waals surface area contributed by atoms with Gasteiger partial charge in [-0.15, -0.1) is 0 Å². The van der Waals surface area contributed by atoms with Crippen LogP contribution in [0.3, 0.4) is 0 Å². The molecule has 2 saturated heterocycles. The molecule has 0 unspecified atom stereocenters. The number of para-hydroxylation sites is 1. The molecule has 2 fully saturated rings. The summed E-state index contributed by atoms with van der Waals surface area (Å²) >= 11 is 0. The van der Waals surface area contributed by atoms with E-state index in [0.717, 1.165) is 12.8 Å². The highest BCUT2D eigenvalue weighted by Crippen LogP contribution is 2.32. The molecular weight excluding hydrogens is 258 g/mol. The summed E-state index contributed by atoms with van der Waals surface area (Å²) in [5, 5.41) is 10.0. The fraction of sp³-hybridized carbons (Fsp3) is 0.533. The van der Waals surface area contributed by atoms with Gasteiger partial charge in [-0.2, -0.15) is 0 Å². The van der Waals surface area contributed by atoms with Crippen molar-refractivity contribution in [2.75, 3.05) is 26.3 Å². The summed E-state index contributed by atoms with van der Waals surface area (Å²) in [4.78, 5) is 14.3. The third kappa shape index (κ3) is 2.27. The number of hydrogen-bond donors (Lipinski definition) is 1. The molecular formula is C15H19NO4. The van der Waals surface area contributed by atoms with E-state index in [1.54, 1.807) is 30.0 Å². The van der Waals surface area contributed by atoms with Crippen LogP contribution in [0.25, 0.3) is 0 Å². The van der Waals surface area contributed by atoms with Crippen molar-refractivity contribution in [3.63, 3.8) is 0 Å². The molecule has 20 heavy (non-hydrogen) atoms. The molecule has 0 radical (unpaired) electrons. The highest BCUT2D eigenvalue weighted by atomic mass is 16.7. The maximum absolute atomic E-state index is 12.6. The lowest BCUT2D eigenvalue weighted by molar-refractivity contribution is -0.183. The van der Waals surface area contributed by atoms with E-state index >= 15 is 0 Å². The molecule has 2 aliphatic rings. The van der Waals surface area contributed by atoms with Gasteiger partial charge >= 0.3 is 0 Å². The van der Waals surface area contributed by atoms with Crippen molar-refractivity contribution in [2.24, 2.45) is 0 Å². The molecule has 1 aromatic rings. The second-order valence-electron chi connectivity index (χ2n) is 5.41. The van der Waals surface area contributed by atoms with Crippen LogP contribution in [0.5, 0.6) is 5.75 Å². The van der Waals surface area contributed by atoms with E-state index in [0.29, 0.717) is 37.4 Å². The number of phenols is 1. The standard InChI is InChI=1S/C15H19NO4/c1-11-4-2-5-12(13(11)17)14(18)16-7-3-6-15(10-16)19-8-9-20-15/h2,4-5,17H,3,6-10H2,1H3. The van der Waals surface area contributed by atoms with E-state index in [1.165, 1.54) is 0 Å². The second-order valence-corrected chi connectivity index (χ2v) is 5.41. The van der Waals surface area contributed by atoms with Gasteiger partial charge in [0.1, 0.15) is 5.75 Å². The zero-order chi connectivity index (χ0) is 14.2. The number of nitrogens with zero attached hydrogens (tertiary/aromatic N) is 1. The normalized spacial score (nSPS) is 21.4. The topological polar surface area (TPSA) is 59.0 Å². The average Bonchev–Trinajstić information content (AvgIpc) is 2.89. The smallest absolute Gasteiger partial charge is 0.257 e. The maximum atomic E-state index is 12.6. The molecule has 108 valence electrons. The van der Waals surface area contributed by atoms with E-state index in [9.17, 15) is 9.90 Å². The molecule has 0 aromatic heterocycles. The van der Waals surface area contributed by atoms with Crippen molar-refractivity contribution in [1.82, 2.24) is 4.90 Å². The Bertz CT molecular complexity index is 523. The first-order valence-electron chi connectivity index (χ1n) is 6.97. The summed E-state index contributed by atoms with van der Waals surface area (Å²) in [6, 6.07) is 5.22. The first kappa shape index (κ1) is 13.4. The number of ether oxygens (including phenoxy) is 2. The van der Waals surface area contributed by atoms with Gasteiger partial charge in [-0.1, -0.05) is 12.1 Å². The molecule has 1 spiro atoms. The Morgan fingerprint density at radius 1 is 1.35 bits per heavy atom. The minimum atomic E-state index is -0.632. The fourth-order valence-corrected chi connectivity index (χ4v) is 2.90. The monoisotopic (exact) mass is 277 g/mol. The van der Waals surface area contributed by atoms with Crippen molar-refractivity contribution in [3.8, 4) is 5.75 Å². The number of phenolic OH excluding ortho intramolecular Hbond substituents is 1. The molecule has 0 aliphatic carbocycles. The highest BCUT2D eigenvalue weighted by molar-refractivity contribution is 5.97. The Morgan fingerprint density at radius 2 is 2.10 bits per heavy atom. The molecule has 0 saturated carbocycles. The van der Waals surface area contributed by atoms with Crippen LogP contribution < -0.4 is 0 Å².